The minimum Gasteiger partial charge on any atom is -0.355 e. The van der Waals surface area contributed by atoms with Crippen molar-refractivity contribution in [3.63, 3.8) is 0 Å². The molecule has 30 heavy (non-hydrogen) atoms. The summed E-state index contributed by atoms with van der Waals surface area (Å²) in [5.74, 6) is -0.339. The van der Waals surface area contributed by atoms with Crippen molar-refractivity contribution < 1.29 is 18.0 Å². The summed E-state index contributed by atoms with van der Waals surface area (Å²) >= 11 is 6.29. The number of hydrogen-bond acceptors (Lipinski definition) is 3. The summed E-state index contributed by atoms with van der Waals surface area (Å²) in [6.45, 7) is 1.75. The summed E-state index contributed by atoms with van der Waals surface area (Å²) in [5, 5.41) is 6.62. The number of carbonyl (C=O) groups is 1. The van der Waals surface area contributed by atoms with E-state index < -0.39 is 11.7 Å². The normalized spacial score (nSPS) is 11.0. The van der Waals surface area contributed by atoms with Gasteiger partial charge in [0.2, 0.25) is 0 Å². The van der Waals surface area contributed by atoms with Gasteiger partial charge in [-0.05, 0) is 66.5 Å². The minimum absolute atomic E-state index is 0.172. The first-order valence-electron chi connectivity index (χ1n) is 8.63. The first-order chi connectivity index (χ1) is 14.2. The van der Waals surface area contributed by atoms with Gasteiger partial charge in [-0.2, -0.15) is 13.2 Å². The molecule has 0 bridgehead atoms. The Morgan fingerprint density at radius 2 is 1.67 bits per heavy atom. The number of aryl methyl sites for hydroxylation is 1. The molecule has 3 aromatic carbocycles. The van der Waals surface area contributed by atoms with Crippen LogP contribution in [0.2, 0.25) is 5.02 Å². The molecule has 1 N–H and O–H groups in total. The van der Waals surface area contributed by atoms with Gasteiger partial charge in [-0.3, -0.25) is 4.79 Å². The molecule has 0 aliphatic heterocycles. The number of rotatable bonds is 5. The zero-order valence-corrected chi connectivity index (χ0v) is 16.3. The van der Waals surface area contributed by atoms with E-state index in [4.69, 9.17) is 17.1 Å². The first kappa shape index (κ1) is 21.2. The van der Waals surface area contributed by atoms with E-state index in [0.29, 0.717) is 28.2 Å². The van der Waals surface area contributed by atoms with Gasteiger partial charge in [0.1, 0.15) is 0 Å². The minimum atomic E-state index is -4.40. The molecule has 3 aromatic rings. The smallest absolute Gasteiger partial charge is 0.355 e. The quantitative estimate of drug-likeness (QED) is 0.196. The van der Waals surface area contributed by atoms with Crippen LogP contribution >= 0.6 is 11.6 Å². The first-order valence-corrected chi connectivity index (χ1v) is 9.01. The van der Waals surface area contributed by atoms with Crippen LogP contribution in [-0.2, 0) is 6.18 Å². The largest absolute Gasteiger partial charge is 0.416 e. The van der Waals surface area contributed by atoms with E-state index in [1.165, 1.54) is 30.3 Å². The van der Waals surface area contributed by atoms with E-state index in [-0.39, 0.29) is 16.4 Å². The number of carbonyl (C=O) groups excluding carboxylic acids is 1. The van der Waals surface area contributed by atoms with Gasteiger partial charge in [0.25, 0.3) is 0 Å². The van der Waals surface area contributed by atoms with Crippen LogP contribution in [0, 0.1) is 6.92 Å². The molecule has 0 spiro atoms. The van der Waals surface area contributed by atoms with Gasteiger partial charge < -0.3 is 5.32 Å². The van der Waals surface area contributed by atoms with Crippen LogP contribution < -0.4 is 5.32 Å². The molecule has 0 fully saturated rings. The third kappa shape index (κ3) is 4.74. The van der Waals surface area contributed by atoms with Gasteiger partial charge in [-0.1, -0.05) is 28.8 Å². The Labute approximate surface area is 174 Å². The number of alkyl halides is 3. The molecule has 0 amide bonds. The van der Waals surface area contributed by atoms with Crippen LogP contribution in [0.1, 0.15) is 27.0 Å². The maximum Gasteiger partial charge on any atom is 0.416 e. The highest BCUT2D eigenvalue weighted by molar-refractivity contribution is 6.35. The van der Waals surface area contributed by atoms with Gasteiger partial charge in [-0.25, -0.2) is 0 Å². The van der Waals surface area contributed by atoms with E-state index in [9.17, 15) is 18.0 Å². The number of ketones is 1. The Hall–Kier alpha value is -3.48. The topological polar surface area (TPSA) is 77.9 Å². The molecular formula is C21H14ClF3N4O. The maximum atomic E-state index is 12.9. The third-order valence-corrected chi connectivity index (χ3v) is 4.65. The number of nitrogens with zero attached hydrogens (tertiary/aromatic N) is 3. The van der Waals surface area contributed by atoms with Crippen molar-refractivity contribution in [3.05, 3.63) is 98.4 Å². The highest BCUT2D eigenvalue weighted by Gasteiger charge is 2.29. The van der Waals surface area contributed by atoms with E-state index in [1.54, 1.807) is 25.1 Å². The number of azide groups is 1. The highest BCUT2D eigenvalue weighted by atomic mass is 35.5. The second kappa shape index (κ2) is 8.49. The molecule has 0 aromatic heterocycles. The molecule has 9 heteroatoms. The van der Waals surface area contributed by atoms with Gasteiger partial charge in [0.05, 0.1) is 10.6 Å². The number of nitrogens with one attached hydrogen (secondary N) is 1. The van der Waals surface area contributed by atoms with E-state index in [0.717, 1.165) is 12.1 Å². The predicted octanol–water partition coefficient (Wildman–Crippen LogP) is 7.58. The van der Waals surface area contributed by atoms with Crippen molar-refractivity contribution in [3.8, 4) is 0 Å². The molecule has 0 saturated heterocycles. The Kier molecular flexibility index (Phi) is 6.01. The van der Waals surface area contributed by atoms with Gasteiger partial charge in [0.15, 0.2) is 5.78 Å². The molecule has 0 saturated carbocycles. The van der Waals surface area contributed by atoms with Crippen LogP contribution in [0.4, 0.5) is 30.2 Å². The molecule has 0 aliphatic carbocycles. The summed E-state index contributed by atoms with van der Waals surface area (Å²) in [4.78, 5) is 15.6. The van der Waals surface area contributed by atoms with Crippen LogP contribution in [0.25, 0.3) is 10.4 Å². The average Bonchev–Trinajstić information content (AvgIpc) is 2.69. The Balaban J connectivity index is 1.84. The molecule has 0 radical (unpaired) electrons. The third-order valence-electron chi connectivity index (χ3n) is 4.34. The monoisotopic (exact) mass is 430 g/mol. The molecule has 0 heterocycles. The molecule has 0 unspecified atom stereocenters. The lowest BCUT2D eigenvalue weighted by atomic mass is 9.98. The summed E-state index contributed by atoms with van der Waals surface area (Å²) in [7, 11) is 0. The number of hydrogen-bond donors (Lipinski definition) is 1. The fourth-order valence-electron chi connectivity index (χ4n) is 2.80. The van der Waals surface area contributed by atoms with Crippen molar-refractivity contribution in [2.24, 2.45) is 5.11 Å². The van der Waals surface area contributed by atoms with Crippen LogP contribution in [0.5, 0.6) is 0 Å². The number of anilines is 2. The Morgan fingerprint density at radius 3 is 2.27 bits per heavy atom. The lowest BCUT2D eigenvalue weighted by molar-refractivity contribution is -0.137. The fourth-order valence-corrected chi connectivity index (χ4v) is 3.07. The van der Waals surface area contributed by atoms with Crippen molar-refractivity contribution in [2.75, 3.05) is 5.32 Å². The second-order valence-electron chi connectivity index (χ2n) is 6.41. The maximum absolute atomic E-state index is 12.9. The van der Waals surface area contributed by atoms with E-state index in [1.807, 2.05) is 0 Å². The zero-order valence-electron chi connectivity index (χ0n) is 15.5. The summed E-state index contributed by atoms with van der Waals surface area (Å²) in [6, 6.07) is 14.0. The Morgan fingerprint density at radius 1 is 1.00 bits per heavy atom. The van der Waals surface area contributed by atoms with Gasteiger partial charge >= 0.3 is 6.18 Å². The molecule has 3 rings (SSSR count). The van der Waals surface area contributed by atoms with Crippen molar-refractivity contribution in [1.29, 1.82) is 0 Å². The van der Waals surface area contributed by atoms with Gasteiger partial charge in [0, 0.05) is 33.1 Å². The number of halogens is 4. The summed E-state index contributed by atoms with van der Waals surface area (Å²) < 4.78 is 38.0. The molecule has 5 nitrogen and oxygen atoms in total. The average molecular weight is 431 g/mol. The predicted molar refractivity (Wildman–Crippen MR) is 110 cm³/mol. The van der Waals surface area contributed by atoms with Crippen molar-refractivity contribution in [1.82, 2.24) is 0 Å². The van der Waals surface area contributed by atoms with Crippen LogP contribution in [0.15, 0.2) is 65.8 Å². The summed E-state index contributed by atoms with van der Waals surface area (Å²) in [6.07, 6.45) is -4.40. The van der Waals surface area contributed by atoms with E-state index >= 15 is 0 Å². The SMILES string of the molecule is Cc1ccc(N=[N+]=[N-])cc1C(=O)c1ccc(Nc2ccc(C(F)(F)F)cc2)cc1Cl. The standard InChI is InChI=1S/C21H14ClF3N4O/c1-12-2-5-16(28-29-26)10-18(12)20(30)17-9-8-15(11-19(17)22)27-14-6-3-13(4-7-14)21(23,24)25/h2-11,27H,1H3. The fraction of sp³-hybridized carbons (Fsp3) is 0.0952. The molecule has 152 valence electrons. The van der Waals surface area contributed by atoms with Crippen molar-refractivity contribution in [2.45, 2.75) is 13.1 Å². The highest BCUT2D eigenvalue weighted by Crippen LogP contribution is 2.31. The molecule has 0 atom stereocenters. The lowest BCUT2D eigenvalue weighted by Gasteiger charge is -2.12. The van der Waals surface area contributed by atoms with Crippen LogP contribution in [0.3, 0.4) is 0 Å². The van der Waals surface area contributed by atoms with Crippen molar-refractivity contribution >= 4 is 34.4 Å². The van der Waals surface area contributed by atoms with E-state index in [2.05, 4.69) is 15.3 Å². The molecular weight excluding hydrogens is 417 g/mol. The zero-order chi connectivity index (χ0) is 21.9. The number of benzene rings is 3. The Bertz CT molecular complexity index is 1150. The van der Waals surface area contributed by atoms with Crippen LogP contribution in [-0.4, -0.2) is 5.78 Å². The lowest BCUT2D eigenvalue weighted by Crippen LogP contribution is -2.05. The second-order valence-corrected chi connectivity index (χ2v) is 6.82. The molecule has 0 aliphatic rings. The summed E-state index contributed by atoms with van der Waals surface area (Å²) in [5.41, 5.74) is 10.4. The van der Waals surface area contributed by atoms with Gasteiger partial charge in [-0.15, -0.1) is 0 Å².